The molecule has 0 amide bonds. The molecule has 0 aromatic rings. The lowest BCUT2D eigenvalue weighted by Gasteiger charge is -2.03. The molecule has 0 aliphatic heterocycles. The van der Waals surface area contributed by atoms with Crippen LogP contribution in [-0.2, 0) is 23.8 Å². The van der Waals surface area contributed by atoms with Gasteiger partial charge < -0.3 is 14.2 Å². The molecule has 0 rings (SSSR count). The quantitative estimate of drug-likeness (QED) is 0.346. The van der Waals surface area contributed by atoms with Crippen molar-refractivity contribution >= 4 is 11.9 Å². The molecule has 0 spiro atoms. The number of hydrogen-bond acceptors (Lipinski definition) is 5. The highest BCUT2D eigenvalue weighted by Gasteiger charge is 1.94. The minimum Gasteiger partial charge on any atom is -0.466 e. The molecule has 0 aromatic heterocycles. The van der Waals surface area contributed by atoms with E-state index in [1.807, 2.05) is 0 Å². The van der Waals surface area contributed by atoms with E-state index in [1.165, 1.54) is 13.8 Å². The van der Waals surface area contributed by atoms with Gasteiger partial charge in [-0.1, -0.05) is 0 Å². The molecule has 0 saturated heterocycles. The van der Waals surface area contributed by atoms with Crippen molar-refractivity contribution in [2.75, 3.05) is 20.0 Å². The monoisotopic (exact) mass is 190 g/mol. The van der Waals surface area contributed by atoms with Gasteiger partial charge in [-0.2, -0.15) is 0 Å². The van der Waals surface area contributed by atoms with Crippen molar-refractivity contribution in [3.63, 3.8) is 0 Å². The molecule has 0 aliphatic carbocycles. The van der Waals surface area contributed by atoms with Crippen LogP contribution in [0.2, 0.25) is 0 Å². The van der Waals surface area contributed by atoms with Gasteiger partial charge in [-0.3, -0.25) is 9.59 Å². The molecular formula is C8H14O5. The molecule has 0 atom stereocenters. The first-order chi connectivity index (χ1) is 6.13. The number of rotatable bonds is 6. The van der Waals surface area contributed by atoms with Crippen LogP contribution in [-0.4, -0.2) is 31.9 Å². The number of carbonyl (C=O) groups excluding carboxylic acids is 2. The minimum absolute atomic E-state index is 0.0462. The average Bonchev–Trinajstić information content (AvgIpc) is 2.01. The van der Waals surface area contributed by atoms with Gasteiger partial charge in [0.25, 0.3) is 0 Å². The van der Waals surface area contributed by atoms with Crippen LogP contribution >= 0.6 is 0 Å². The van der Waals surface area contributed by atoms with Crippen molar-refractivity contribution in [2.24, 2.45) is 0 Å². The summed E-state index contributed by atoms with van der Waals surface area (Å²) in [6, 6.07) is 0. The molecule has 0 bridgehead atoms. The van der Waals surface area contributed by atoms with Gasteiger partial charge in [0.15, 0.2) is 6.79 Å². The van der Waals surface area contributed by atoms with E-state index in [0.29, 0.717) is 19.6 Å². The number of carbonyl (C=O) groups is 2. The van der Waals surface area contributed by atoms with Crippen LogP contribution in [0.3, 0.4) is 0 Å². The fourth-order valence-electron chi connectivity index (χ4n) is 0.560. The SMILES string of the molecule is CC(=O)OCCCOCOC(C)=O. The van der Waals surface area contributed by atoms with Crippen molar-refractivity contribution in [1.29, 1.82) is 0 Å². The zero-order chi connectivity index (χ0) is 10.1. The van der Waals surface area contributed by atoms with E-state index < -0.39 is 0 Å². The van der Waals surface area contributed by atoms with Gasteiger partial charge >= 0.3 is 11.9 Å². The van der Waals surface area contributed by atoms with E-state index in [1.54, 1.807) is 0 Å². The molecule has 0 saturated carbocycles. The molecule has 0 aliphatic rings. The van der Waals surface area contributed by atoms with Gasteiger partial charge in [-0.15, -0.1) is 0 Å². The number of ether oxygens (including phenoxy) is 3. The topological polar surface area (TPSA) is 61.8 Å². The van der Waals surface area contributed by atoms with Gasteiger partial charge in [-0.05, 0) is 0 Å². The Bertz CT molecular complexity index is 148. The van der Waals surface area contributed by atoms with Gasteiger partial charge in [0.1, 0.15) is 0 Å². The highest BCUT2D eigenvalue weighted by atomic mass is 16.7. The Morgan fingerprint density at radius 1 is 1.00 bits per heavy atom. The second-order valence-corrected chi connectivity index (χ2v) is 2.36. The second kappa shape index (κ2) is 7.54. The van der Waals surface area contributed by atoms with Crippen molar-refractivity contribution in [2.45, 2.75) is 20.3 Å². The van der Waals surface area contributed by atoms with Gasteiger partial charge in [0.2, 0.25) is 0 Å². The molecule has 0 aromatic carbocycles. The van der Waals surface area contributed by atoms with Crippen LogP contribution in [0.1, 0.15) is 20.3 Å². The lowest BCUT2D eigenvalue weighted by atomic mass is 10.5. The smallest absolute Gasteiger partial charge is 0.304 e. The molecule has 5 nitrogen and oxygen atoms in total. The highest BCUT2D eigenvalue weighted by Crippen LogP contribution is 1.86. The maximum absolute atomic E-state index is 10.3. The summed E-state index contributed by atoms with van der Waals surface area (Å²) in [5.41, 5.74) is 0. The standard InChI is InChI=1S/C8H14O5/c1-7(9)12-5-3-4-11-6-13-8(2)10/h3-6H2,1-2H3. The summed E-state index contributed by atoms with van der Waals surface area (Å²) in [5, 5.41) is 0. The summed E-state index contributed by atoms with van der Waals surface area (Å²) in [6.45, 7) is 3.34. The summed E-state index contributed by atoms with van der Waals surface area (Å²) in [4.78, 5) is 20.5. The third-order valence-electron chi connectivity index (χ3n) is 1.08. The Hall–Kier alpha value is -1.10. The summed E-state index contributed by atoms with van der Waals surface area (Å²) < 4.78 is 14.0. The van der Waals surface area contributed by atoms with E-state index in [-0.39, 0.29) is 18.7 Å². The van der Waals surface area contributed by atoms with Crippen LogP contribution in [0.5, 0.6) is 0 Å². The summed E-state index contributed by atoms with van der Waals surface area (Å²) >= 11 is 0. The van der Waals surface area contributed by atoms with E-state index in [0.717, 1.165) is 0 Å². The Balaban J connectivity index is 3.00. The van der Waals surface area contributed by atoms with Gasteiger partial charge in [-0.25, -0.2) is 0 Å². The summed E-state index contributed by atoms with van der Waals surface area (Å²) in [5.74, 6) is -0.681. The first kappa shape index (κ1) is 11.9. The fourth-order valence-corrected chi connectivity index (χ4v) is 0.560. The van der Waals surface area contributed by atoms with Crippen LogP contribution in [0.15, 0.2) is 0 Å². The molecule has 76 valence electrons. The van der Waals surface area contributed by atoms with E-state index in [4.69, 9.17) is 4.74 Å². The lowest BCUT2D eigenvalue weighted by molar-refractivity contribution is -0.153. The molecule has 0 radical (unpaired) electrons. The van der Waals surface area contributed by atoms with E-state index in [9.17, 15) is 9.59 Å². The predicted octanol–water partition coefficient (Wildman–Crippen LogP) is 0.477. The largest absolute Gasteiger partial charge is 0.466 e. The second-order valence-electron chi connectivity index (χ2n) is 2.36. The molecule has 0 unspecified atom stereocenters. The zero-order valence-electron chi connectivity index (χ0n) is 7.87. The highest BCUT2D eigenvalue weighted by molar-refractivity contribution is 5.66. The van der Waals surface area contributed by atoms with Crippen molar-refractivity contribution in [3.8, 4) is 0 Å². The molecular weight excluding hydrogens is 176 g/mol. The fraction of sp³-hybridized carbons (Fsp3) is 0.750. The van der Waals surface area contributed by atoms with Crippen LogP contribution in [0.25, 0.3) is 0 Å². The van der Waals surface area contributed by atoms with Crippen molar-refractivity contribution < 1.29 is 23.8 Å². The minimum atomic E-state index is -0.375. The number of hydrogen-bond donors (Lipinski definition) is 0. The molecule has 13 heavy (non-hydrogen) atoms. The first-order valence-corrected chi connectivity index (χ1v) is 3.97. The Morgan fingerprint density at radius 3 is 2.15 bits per heavy atom. The summed E-state index contributed by atoms with van der Waals surface area (Å²) in [6.07, 6.45) is 0.598. The zero-order valence-corrected chi connectivity index (χ0v) is 7.87. The molecule has 0 heterocycles. The average molecular weight is 190 g/mol. The summed E-state index contributed by atoms with van der Waals surface area (Å²) in [7, 11) is 0. The molecule has 5 heteroatoms. The van der Waals surface area contributed by atoms with Crippen molar-refractivity contribution in [1.82, 2.24) is 0 Å². The van der Waals surface area contributed by atoms with Gasteiger partial charge in [0, 0.05) is 20.3 Å². The molecule has 0 N–H and O–H groups in total. The Morgan fingerprint density at radius 2 is 1.62 bits per heavy atom. The predicted molar refractivity (Wildman–Crippen MR) is 43.8 cm³/mol. The van der Waals surface area contributed by atoms with Crippen molar-refractivity contribution in [3.05, 3.63) is 0 Å². The Labute approximate surface area is 77.0 Å². The van der Waals surface area contributed by atoms with E-state index in [2.05, 4.69) is 9.47 Å². The van der Waals surface area contributed by atoms with Gasteiger partial charge in [0.05, 0.1) is 13.2 Å². The maximum Gasteiger partial charge on any atom is 0.304 e. The molecule has 0 fully saturated rings. The van der Waals surface area contributed by atoms with Crippen LogP contribution in [0.4, 0.5) is 0 Å². The van der Waals surface area contributed by atoms with E-state index >= 15 is 0 Å². The maximum atomic E-state index is 10.3. The van der Waals surface area contributed by atoms with Crippen LogP contribution < -0.4 is 0 Å². The van der Waals surface area contributed by atoms with Crippen LogP contribution in [0, 0.1) is 0 Å². The third kappa shape index (κ3) is 10.9. The lowest BCUT2D eigenvalue weighted by Crippen LogP contribution is -2.08. The Kier molecular flexibility index (Phi) is 6.91. The third-order valence-corrected chi connectivity index (χ3v) is 1.08. The number of esters is 2. The normalized spacial score (nSPS) is 9.38. The first-order valence-electron chi connectivity index (χ1n) is 3.97.